The lowest BCUT2D eigenvalue weighted by Gasteiger charge is -2.20. The molecular formula is C19H25N. The number of aryl methyl sites for hydroxylation is 3. The average Bonchev–Trinajstić information content (AvgIpc) is 2.42. The van der Waals surface area contributed by atoms with Crippen molar-refractivity contribution < 1.29 is 0 Å². The van der Waals surface area contributed by atoms with Gasteiger partial charge in [0.1, 0.15) is 0 Å². The minimum Gasteiger partial charge on any atom is -0.319 e. The van der Waals surface area contributed by atoms with E-state index in [1.165, 1.54) is 27.8 Å². The van der Waals surface area contributed by atoms with Crippen LogP contribution in [-0.4, -0.2) is 13.6 Å². The van der Waals surface area contributed by atoms with Crippen molar-refractivity contribution in [2.45, 2.75) is 33.1 Å². The van der Waals surface area contributed by atoms with Crippen LogP contribution in [0.2, 0.25) is 0 Å². The topological polar surface area (TPSA) is 12.0 Å². The summed E-state index contributed by atoms with van der Waals surface area (Å²) in [5.41, 5.74) is 7.07. The maximum atomic E-state index is 3.34. The van der Waals surface area contributed by atoms with Gasteiger partial charge >= 0.3 is 0 Å². The van der Waals surface area contributed by atoms with Crippen LogP contribution >= 0.6 is 0 Å². The van der Waals surface area contributed by atoms with Crippen LogP contribution in [0.25, 0.3) is 0 Å². The summed E-state index contributed by atoms with van der Waals surface area (Å²) in [5.74, 6) is 0.527. The van der Waals surface area contributed by atoms with Gasteiger partial charge in [0, 0.05) is 12.5 Å². The van der Waals surface area contributed by atoms with Crippen molar-refractivity contribution in [2.24, 2.45) is 0 Å². The summed E-state index contributed by atoms with van der Waals surface area (Å²) in [6, 6.07) is 15.5. The third-order valence-electron chi connectivity index (χ3n) is 4.06. The van der Waals surface area contributed by atoms with E-state index in [0.29, 0.717) is 5.92 Å². The van der Waals surface area contributed by atoms with Crippen LogP contribution in [-0.2, 0) is 6.42 Å². The molecule has 2 aromatic carbocycles. The van der Waals surface area contributed by atoms with Gasteiger partial charge in [-0.3, -0.25) is 0 Å². The summed E-state index contributed by atoms with van der Waals surface area (Å²) in [6.07, 6.45) is 1.10. The molecule has 1 atom stereocenters. The molecule has 0 amide bonds. The molecule has 106 valence electrons. The number of benzene rings is 2. The third-order valence-corrected chi connectivity index (χ3v) is 4.06. The zero-order valence-corrected chi connectivity index (χ0v) is 13.0. The first-order valence-electron chi connectivity index (χ1n) is 7.38. The molecule has 0 aromatic heterocycles. The van der Waals surface area contributed by atoms with E-state index in [9.17, 15) is 0 Å². The highest BCUT2D eigenvalue weighted by Gasteiger charge is 2.14. The molecule has 0 radical (unpaired) electrons. The van der Waals surface area contributed by atoms with E-state index in [1.54, 1.807) is 0 Å². The summed E-state index contributed by atoms with van der Waals surface area (Å²) in [4.78, 5) is 0. The molecule has 1 nitrogen and oxygen atoms in total. The van der Waals surface area contributed by atoms with Crippen LogP contribution in [0.15, 0.2) is 42.5 Å². The molecule has 0 aliphatic rings. The van der Waals surface area contributed by atoms with Gasteiger partial charge in [0.15, 0.2) is 0 Å². The van der Waals surface area contributed by atoms with Gasteiger partial charge in [-0.05, 0) is 56.5 Å². The molecule has 0 saturated heterocycles. The minimum atomic E-state index is 0.527. The Labute approximate surface area is 123 Å². The van der Waals surface area contributed by atoms with Gasteiger partial charge in [0.2, 0.25) is 0 Å². The maximum absolute atomic E-state index is 3.34. The lowest BCUT2D eigenvalue weighted by atomic mass is 9.87. The molecule has 0 aliphatic carbocycles. The number of hydrogen-bond acceptors (Lipinski definition) is 1. The number of hydrogen-bond donors (Lipinski definition) is 1. The second-order valence-electron chi connectivity index (χ2n) is 5.74. The van der Waals surface area contributed by atoms with Crippen LogP contribution in [0.1, 0.15) is 33.7 Å². The number of rotatable bonds is 5. The Morgan fingerprint density at radius 2 is 1.60 bits per heavy atom. The van der Waals surface area contributed by atoms with E-state index in [0.717, 1.165) is 13.0 Å². The van der Waals surface area contributed by atoms with Crippen molar-refractivity contribution in [3.05, 3.63) is 70.3 Å². The van der Waals surface area contributed by atoms with Gasteiger partial charge in [-0.15, -0.1) is 0 Å². The Balaban J connectivity index is 2.30. The highest BCUT2D eigenvalue weighted by atomic mass is 14.8. The van der Waals surface area contributed by atoms with Crippen molar-refractivity contribution in [2.75, 3.05) is 13.6 Å². The molecular weight excluding hydrogens is 242 g/mol. The summed E-state index contributed by atoms with van der Waals surface area (Å²) < 4.78 is 0. The first-order chi connectivity index (χ1) is 9.61. The highest BCUT2D eigenvalue weighted by Crippen LogP contribution is 2.25. The zero-order valence-electron chi connectivity index (χ0n) is 13.0. The monoisotopic (exact) mass is 267 g/mol. The zero-order chi connectivity index (χ0) is 14.5. The lowest BCUT2D eigenvalue weighted by molar-refractivity contribution is 0.622. The normalized spacial score (nSPS) is 12.4. The Morgan fingerprint density at radius 3 is 2.20 bits per heavy atom. The minimum absolute atomic E-state index is 0.527. The molecule has 0 heterocycles. The molecule has 0 bridgehead atoms. The maximum Gasteiger partial charge on any atom is 0.00203 e. The molecule has 1 unspecified atom stereocenters. The van der Waals surface area contributed by atoms with Crippen LogP contribution in [0.4, 0.5) is 0 Å². The summed E-state index contributed by atoms with van der Waals surface area (Å²) >= 11 is 0. The van der Waals surface area contributed by atoms with Crippen molar-refractivity contribution in [3.8, 4) is 0 Å². The van der Waals surface area contributed by atoms with Crippen LogP contribution in [0.5, 0.6) is 0 Å². The van der Waals surface area contributed by atoms with E-state index < -0.39 is 0 Å². The standard InChI is InChI=1S/C19H25N/c1-14-7-5-10-17(11-14)18(13-20-4)12-19-15(2)8-6-9-16(19)3/h5-11,18,20H,12-13H2,1-4H3. The average molecular weight is 267 g/mol. The number of likely N-dealkylation sites (N-methyl/N-ethyl adjacent to an activating group) is 1. The summed E-state index contributed by atoms with van der Waals surface area (Å²) in [6.45, 7) is 7.61. The van der Waals surface area contributed by atoms with E-state index in [-0.39, 0.29) is 0 Å². The van der Waals surface area contributed by atoms with Crippen molar-refractivity contribution >= 4 is 0 Å². The van der Waals surface area contributed by atoms with E-state index in [1.807, 2.05) is 7.05 Å². The largest absolute Gasteiger partial charge is 0.319 e. The summed E-state index contributed by atoms with van der Waals surface area (Å²) in [7, 11) is 2.04. The predicted molar refractivity (Wildman–Crippen MR) is 87.5 cm³/mol. The number of nitrogens with one attached hydrogen (secondary N) is 1. The van der Waals surface area contributed by atoms with Crippen molar-refractivity contribution in [1.29, 1.82) is 0 Å². The van der Waals surface area contributed by atoms with Crippen LogP contribution in [0.3, 0.4) is 0 Å². The predicted octanol–water partition coefficient (Wildman–Crippen LogP) is 4.16. The molecule has 0 fully saturated rings. The van der Waals surface area contributed by atoms with Crippen molar-refractivity contribution in [3.63, 3.8) is 0 Å². The Kier molecular flexibility index (Phi) is 4.97. The van der Waals surface area contributed by atoms with E-state index in [4.69, 9.17) is 0 Å². The van der Waals surface area contributed by atoms with Crippen LogP contribution < -0.4 is 5.32 Å². The molecule has 0 spiro atoms. The Hall–Kier alpha value is -1.60. The lowest BCUT2D eigenvalue weighted by Crippen LogP contribution is -2.20. The highest BCUT2D eigenvalue weighted by molar-refractivity contribution is 5.36. The summed E-state index contributed by atoms with van der Waals surface area (Å²) in [5, 5.41) is 3.34. The first-order valence-corrected chi connectivity index (χ1v) is 7.38. The first kappa shape index (κ1) is 14.8. The van der Waals surface area contributed by atoms with Crippen LogP contribution in [0, 0.1) is 20.8 Å². The molecule has 2 rings (SSSR count). The van der Waals surface area contributed by atoms with Gasteiger partial charge < -0.3 is 5.32 Å². The third kappa shape index (κ3) is 3.49. The molecule has 1 N–H and O–H groups in total. The second kappa shape index (κ2) is 6.71. The fraction of sp³-hybridized carbons (Fsp3) is 0.368. The Bertz CT molecular complexity index is 551. The fourth-order valence-corrected chi connectivity index (χ4v) is 2.90. The smallest absolute Gasteiger partial charge is 0.00203 e. The van der Waals surface area contributed by atoms with Gasteiger partial charge in [-0.1, -0.05) is 48.0 Å². The van der Waals surface area contributed by atoms with E-state index >= 15 is 0 Å². The molecule has 0 aliphatic heterocycles. The molecule has 1 heteroatoms. The van der Waals surface area contributed by atoms with Crippen molar-refractivity contribution in [1.82, 2.24) is 5.32 Å². The quantitative estimate of drug-likeness (QED) is 0.858. The fourth-order valence-electron chi connectivity index (χ4n) is 2.90. The molecule has 20 heavy (non-hydrogen) atoms. The SMILES string of the molecule is CNCC(Cc1c(C)cccc1C)c1cccc(C)c1. The Morgan fingerprint density at radius 1 is 0.950 bits per heavy atom. The van der Waals surface area contributed by atoms with Gasteiger partial charge in [-0.2, -0.15) is 0 Å². The molecule has 0 saturated carbocycles. The van der Waals surface area contributed by atoms with Gasteiger partial charge in [-0.25, -0.2) is 0 Å². The van der Waals surface area contributed by atoms with E-state index in [2.05, 4.69) is 68.6 Å². The van der Waals surface area contributed by atoms with Gasteiger partial charge in [0.25, 0.3) is 0 Å². The second-order valence-corrected chi connectivity index (χ2v) is 5.74. The van der Waals surface area contributed by atoms with Gasteiger partial charge in [0.05, 0.1) is 0 Å². The molecule has 2 aromatic rings.